The molecule has 1 aliphatic rings. The van der Waals surface area contributed by atoms with Crippen LogP contribution in [-0.2, 0) is 11.4 Å². The molecule has 1 aliphatic heterocycles. The number of nitrogens with zero attached hydrogens (tertiary/aromatic N) is 2. The van der Waals surface area contributed by atoms with E-state index in [0.29, 0.717) is 30.9 Å². The minimum absolute atomic E-state index is 0.265. The summed E-state index contributed by atoms with van der Waals surface area (Å²) in [7, 11) is 4.83. The Morgan fingerprint density at radius 2 is 1.74 bits per heavy atom. The highest BCUT2D eigenvalue weighted by Gasteiger charge is 2.27. The first-order valence-electron chi connectivity index (χ1n) is 11.3. The number of rotatable bonds is 9. The molecule has 0 bridgehead atoms. The Bertz CT molecular complexity index is 1180. The van der Waals surface area contributed by atoms with Crippen LogP contribution in [0.15, 0.2) is 78.0 Å². The fourth-order valence-electron chi connectivity index (χ4n) is 3.88. The predicted molar refractivity (Wildman–Crippen MR) is 134 cm³/mol. The number of amides is 2. The van der Waals surface area contributed by atoms with Gasteiger partial charge in [0.15, 0.2) is 6.10 Å². The summed E-state index contributed by atoms with van der Waals surface area (Å²) in [6.07, 6.45) is 0.309. The standard InChI is InChI=1S/C27H29N3O5/c1-32-21-13-11-20(12-14-21)25-16-23(35-29-25)18-30(17-19-7-6-8-22(15-19)33-2)27(31)28-24-9-4-5-10-26(24)34-3/h4-15,23H,16-18H2,1-3H3,(H,28,31). The first-order valence-corrected chi connectivity index (χ1v) is 11.3. The van der Waals surface area contributed by atoms with Gasteiger partial charge in [-0.1, -0.05) is 29.4 Å². The van der Waals surface area contributed by atoms with Gasteiger partial charge in [0.05, 0.1) is 39.3 Å². The summed E-state index contributed by atoms with van der Waals surface area (Å²) in [5, 5.41) is 7.24. The Morgan fingerprint density at radius 3 is 2.49 bits per heavy atom. The van der Waals surface area contributed by atoms with E-state index in [4.69, 9.17) is 19.0 Å². The quantitative estimate of drug-likeness (QED) is 0.474. The smallest absolute Gasteiger partial charge is 0.322 e. The third-order valence-corrected chi connectivity index (χ3v) is 5.72. The van der Waals surface area contributed by atoms with Gasteiger partial charge in [0.2, 0.25) is 0 Å². The summed E-state index contributed by atoms with van der Waals surface area (Å²) in [5.74, 6) is 2.10. The molecule has 0 saturated heterocycles. The largest absolute Gasteiger partial charge is 0.497 e. The Hall–Kier alpha value is -4.20. The van der Waals surface area contributed by atoms with Crippen LogP contribution in [0.5, 0.6) is 17.2 Å². The van der Waals surface area contributed by atoms with Crippen molar-refractivity contribution < 1.29 is 23.8 Å². The monoisotopic (exact) mass is 475 g/mol. The van der Waals surface area contributed by atoms with E-state index in [1.807, 2.05) is 60.7 Å². The summed E-state index contributed by atoms with van der Waals surface area (Å²) in [6, 6.07) is 22.4. The molecule has 1 heterocycles. The van der Waals surface area contributed by atoms with E-state index >= 15 is 0 Å². The molecular formula is C27H29N3O5. The van der Waals surface area contributed by atoms with Crippen molar-refractivity contribution in [1.29, 1.82) is 0 Å². The van der Waals surface area contributed by atoms with E-state index in [1.165, 1.54) is 0 Å². The highest BCUT2D eigenvalue weighted by Crippen LogP contribution is 2.25. The van der Waals surface area contributed by atoms with Crippen LogP contribution in [0, 0.1) is 0 Å². The van der Waals surface area contributed by atoms with Gasteiger partial charge >= 0.3 is 6.03 Å². The van der Waals surface area contributed by atoms with Crippen molar-refractivity contribution in [2.45, 2.75) is 19.1 Å². The molecular weight excluding hydrogens is 446 g/mol. The number of urea groups is 1. The number of hydrogen-bond acceptors (Lipinski definition) is 6. The molecule has 8 heteroatoms. The average molecular weight is 476 g/mol. The van der Waals surface area contributed by atoms with Crippen molar-refractivity contribution in [3.05, 3.63) is 83.9 Å². The van der Waals surface area contributed by atoms with E-state index in [2.05, 4.69) is 10.5 Å². The zero-order valence-electron chi connectivity index (χ0n) is 20.1. The lowest BCUT2D eigenvalue weighted by Crippen LogP contribution is -2.40. The fourth-order valence-corrected chi connectivity index (χ4v) is 3.88. The Labute approximate surface area is 205 Å². The number of ether oxygens (including phenoxy) is 3. The number of anilines is 1. The lowest BCUT2D eigenvalue weighted by Gasteiger charge is -2.26. The second-order valence-corrected chi connectivity index (χ2v) is 8.06. The number of benzene rings is 3. The number of oxime groups is 1. The molecule has 0 saturated carbocycles. The number of carbonyl (C=O) groups excluding carboxylic acids is 1. The summed E-state index contributed by atoms with van der Waals surface area (Å²) in [4.78, 5) is 20.8. The molecule has 3 aromatic rings. The van der Waals surface area contributed by atoms with Crippen LogP contribution < -0.4 is 19.5 Å². The van der Waals surface area contributed by atoms with Gasteiger partial charge in [0.25, 0.3) is 0 Å². The second kappa shape index (κ2) is 11.3. The van der Waals surface area contributed by atoms with Gasteiger partial charge in [0.1, 0.15) is 17.2 Å². The van der Waals surface area contributed by atoms with Crippen molar-refractivity contribution in [1.82, 2.24) is 4.90 Å². The minimum Gasteiger partial charge on any atom is -0.497 e. The maximum absolute atomic E-state index is 13.4. The normalized spacial score (nSPS) is 14.5. The zero-order chi connectivity index (χ0) is 24.6. The number of carbonyl (C=O) groups is 1. The fraction of sp³-hybridized carbons (Fsp3) is 0.259. The molecule has 2 amide bonds. The van der Waals surface area contributed by atoms with Gasteiger partial charge in [-0.2, -0.15) is 0 Å². The predicted octanol–water partition coefficient (Wildman–Crippen LogP) is 4.94. The van der Waals surface area contributed by atoms with Crippen molar-refractivity contribution in [2.75, 3.05) is 33.2 Å². The SMILES string of the molecule is COc1ccc(C2=NOC(CN(Cc3cccc(OC)c3)C(=O)Nc3ccccc3OC)C2)cc1. The number of methoxy groups -OCH3 is 3. The van der Waals surface area contributed by atoms with E-state index < -0.39 is 0 Å². The maximum atomic E-state index is 13.4. The number of nitrogens with one attached hydrogen (secondary N) is 1. The van der Waals surface area contributed by atoms with E-state index in [0.717, 1.165) is 28.3 Å². The molecule has 182 valence electrons. The van der Waals surface area contributed by atoms with Gasteiger partial charge in [-0.05, 0) is 59.7 Å². The molecule has 0 aliphatic carbocycles. The lowest BCUT2D eigenvalue weighted by atomic mass is 10.0. The van der Waals surface area contributed by atoms with Crippen LogP contribution >= 0.6 is 0 Å². The Kier molecular flexibility index (Phi) is 7.72. The van der Waals surface area contributed by atoms with Crippen molar-refractivity contribution in [3.63, 3.8) is 0 Å². The Morgan fingerprint density at radius 1 is 0.971 bits per heavy atom. The molecule has 35 heavy (non-hydrogen) atoms. The van der Waals surface area contributed by atoms with Gasteiger partial charge < -0.3 is 29.3 Å². The molecule has 3 aromatic carbocycles. The molecule has 0 spiro atoms. The molecule has 0 aromatic heterocycles. The van der Waals surface area contributed by atoms with Crippen LogP contribution in [0.3, 0.4) is 0 Å². The molecule has 4 rings (SSSR count). The van der Waals surface area contributed by atoms with Gasteiger partial charge in [-0.3, -0.25) is 0 Å². The number of para-hydroxylation sites is 2. The lowest BCUT2D eigenvalue weighted by molar-refractivity contribution is 0.0608. The van der Waals surface area contributed by atoms with Crippen LogP contribution in [0.4, 0.5) is 10.5 Å². The summed E-state index contributed by atoms with van der Waals surface area (Å²) in [6.45, 7) is 0.720. The molecule has 1 unspecified atom stereocenters. The molecule has 8 nitrogen and oxygen atoms in total. The van der Waals surface area contributed by atoms with Gasteiger partial charge in [-0.15, -0.1) is 0 Å². The van der Waals surface area contributed by atoms with Crippen LogP contribution in [0.25, 0.3) is 0 Å². The van der Waals surface area contributed by atoms with Gasteiger partial charge in [0, 0.05) is 13.0 Å². The Balaban J connectivity index is 1.49. The summed E-state index contributed by atoms with van der Waals surface area (Å²) in [5.41, 5.74) is 3.34. The van der Waals surface area contributed by atoms with Gasteiger partial charge in [-0.25, -0.2) is 4.79 Å². The van der Waals surface area contributed by atoms with Crippen molar-refractivity contribution in [3.8, 4) is 17.2 Å². The highest BCUT2D eigenvalue weighted by molar-refractivity contribution is 6.01. The maximum Gasteiger partial charge on any atom is 0.322 e. The van der Waals surface area contributed by atoms with Crippen LogP contribution in [0.2, 0.25) is 0 Å². The first kappa shape index (κ1) is 23.9. The van der Waals surface area contributed by atoms with Crippen LogP contribution in [0.1, 0.15) is 17.5 Å². The number of hydrogen-bond donors (Lipinski definition) is 1. The minimum atomic E-state index is -0.277. The summed E-state index contributed by atoms with van der Waals surface area (Å²) < 4.78 is 16.0. The zero-order valence-corrected chi connectivity index (χ0v) is 20.1. The second-order valence-electron chi connectivity index (χ2n) is 8.06. The molecule has 0 radical (unpaired) electrons. The average Bonchev–Trinajstić information content (AvgIpc) is 3.37. The molecule has 1 atom stereocenters. The van der Waals surface area contributed by atoms with E-state index in [-0.39, 0.29) is 12.1 Å². The van der Waals surface area contributed by atoms with E-state index in [1.54, 1.807) is 38.4 Å². The third kappa shape index (κ3) is 6.03. The topological polar surface area (TPSA) is 81.6 Å². The van der Waals surface area contributed by atoms with Crippen molar-refractivity contribution >= 4 is 17.4 Å². The van der Waals surface area contributed by atoms with Crippen LogP contribution in [-0.4, -0.2) is 50.6 Å². The third-order valence-electron chi connectivity index (χ3n) is 5.72. The molecule has 1 N–H and O–H groups in total. The van der Waals surface area contributed by atoms with Crippen molar-refractivity contribution in [2.24, 2.45) is 5.16 Å². The summed E-state index contributed by atoms with van der Waals surface area (Å²) >= 11 is 0. The van der Waals surface area contributed by atoms with E-state index in [9.17, 15) is 4.79 Å². The first-order chi connectivity index (χ1) is 17.1. The highest BCUT2D eigenvalue weighted by atomic mass is 16.6. The molecule has 0 fully saturated rings.